The smallest absolute Gasteiger partial charge is 0.0366 e. The van der Waals surface area contributed by atoms with Crippen molar-refractivity contribution in [1.82, 2.24) is 10.3 Å². The molecule has 1 heterocycles. The molecule has 106 valence electrons. The van der Waals surface area contributed by atoms with Crippen LogP contribution in [0.4, 0.5) is 0 Å². The average Bonchev–Trinajstić information content (AvgIpc) is 2.37. The summed E-state index contributed by atoms with van der Waals surface area (Å²) in [5, 5.41) is 3.72. The lowest BCUT2D eigenvalue weighted by Crippen LogP contribution is -2.29. The number of pyridine rings is 1. The molecule has 1 aliphatic carbocycles. The van der Waals surface area contributed by atoms with Crippen molar-refractivity contribution in [2.75, 3.05) is 6.54 Å². The first-order chi connectivity index (χ1) is 9.33. The summed E-state index contributed by atoms with van der Waals surface area (Å²) < 4.78 is 0. The maximum Gasteiger partial charge on any atom is 0.0366 e. The summed E-state index contributed by atoms with van der Waals surface area (Å²) in [5.41, 5.74) is 2.79. The van der Waals surface area contributed by atoms with E-state index in [1.54, 1.807) is 0 Å². The number of nitrogens with zero attached hydrogens (tertiary/aromatic N) is 1. The molecule has 19 heavy (non-hydrogen) atoms. The average molecular weight is 260 g/mol. The fourth-order valence-electron chi connectivity index (χ4n) is 3.37. The standard InChI is InChI=1S/C17H28N2/c1-3-19-17(16-13-18-12-11-14(16)2)15-9-7-5-4-6-8-10-15/h11-13,15,17,19H,3-10H2,1-2H3. The second kappa shape index (κ2) is 7.64. The van der Waals surface area contributed by atoms with Gasteiger partial charge in [-0.2, -0.15) is 0 Å². The second-order valence-corrected chi connectivity index (χ2v) is 5.87. The topological polar surface area (TPSA) is 24.9 Å². The van der Waals surface area contributed by atoms with Crippen LogP contribution in [0, 0.1) is 12.8 Å². The number of hydrogen-bond donors (Lipinski definition) is 1. The molecule has 1 aromatic rings. The Bertz CT molecular complexity index is 367. The molecular formula is C17H28N2. The van der Waals surface area contributed by atoms with Crippen LogP contribution in [0.5, 0.6) is 0 Å². The highest BCUT2D eigenvalue weighted by Crippen LogP contribution is 2.33. The highest BCUT2D eigenvalue weighted by Gasteiger charge is 2.24. The summed E-state index contributed by atoms with van der Waals surface area (Å²) in [7, 11) is 0. The van der Waals surface area contributed by atoms with E-state index >= 15 is 0 Å². The Hall–Kier alpha value is -0.890. The summed E-state index contributed by atoms with van der Waals surface area (Å²) >= 11 is 0. The third kappa shape index (κ3) is 4.04. The summed E-state index contributed by atoms with van der Waals surface area (Å²) in [6.07, 6.45) is 13.8. The van der Waals surface area contributed by atoms with Crippen molar-refractivity contribution in [2.24, 2.45) is 5.92 Å². The van der Waals surface area contributed by atoms with Crippen LogP contribution in [0.3, 0.4) is 0 Å². The Balaban J connectivity index is 2.15. The first-order valence-corrected chi connectivity index (χ1v) is 7.96. The normalized spacial score (nSPS) is 19.7. The third-order valence-electron chi connectivity index (χ3n) is 4.46. The maximum absolute atomic E-state index is 4.35. The SMILES string of the molecule is CCNC(c1cnccc1C)C1CCCCCCC1. The Morgan fingerprint density at radius 2 is 1.89 bits per heavy atom. The minimum absolute atomic E-state index is 0.497. The van der Waals surface area contributed by atoms with Crippen LogP contribution in [0.25, 0.3) is 0 Å². The molecule has 0 amide bonds. The first kappa shape index (κ1) is 14.5. The molecule has 0 spiro atoms. The van der Waals surface area contributed by atoms with Gasteiger partial charge in [0, 0.05) is 18.4 Å². The molecular weight excluding hydrogens is 232 g/mol. The highest BCUT2D eigenvalue weighted by atomic mass is 14.9. The van der Waals surface area contributed by atoms with Crippen molar-refractivity contribution in [3.63, 3.8) is 0 Å². The number of rotatable bonds is 4. The van der Waals surface area contributed by atoms with Crippen molar-refractivity contribution in [3.05, 3.63) is 29.6 Å². The molecule has 1 aromatic heterocycles. The molecule has 0 aliphatic heterocycles. The van der Waals surface area contributed by atoms with E-state index in [4.69, 9.17) is 0 Å². The zero-order valence-corrected chi connectivity index (χ0v) is 12.5. The number of nitrogens with one attached hydrogen (secondary N) is 1. The van der Waals surface area contributed by atoms with Gasteiger partial charge >= 0.3 is 0 Å². The molecule has 2 nitrogen and oxygen atoms in total. The second-order valence-electron chi connectivity index (χ2n) is 5.87. The van der Waals surface area contributed by atoms with Crippen LogP contribution < -0.4 is 5.32 Å². The van der Waals surface area contributed by atoms with E-state index in [0.29, 0.717) is 6.04 Å². The van der Waals surface area contributed by atoms with Crippen molar-refractivity contribution in [2.45, 2.75) is 64.8 Å². The van der Waals surface area contributed by atoms with E-state index in [2.05, 4.69) is 36.4 Å². The van der Waals surface area contributed by atoms with Gasteiger partial charge in [-0.05, 0) is 49.4 Å². The molecule has 1 aliphatic rings. The van der Waals surface area contributed by atoms with Crippen LogP contribution in [0.1, 0.15) is 69.0 Å². The van der Waals surface area contributed by atoms with Crippen LogP contribution in [-0.4, -0.2) is 11.5 Å². The minimum Gasteiger partial charge on any atom is -0.310 e. The van der Waals surface area contributed by atoms with Gasteiger partial charge in [0.2, 0.25) is 0 Å². The molecule has 1 atom stereocenters. The van der Waals surface area contributed by atoms with Crippen LogP contribution in [0.2, 0.25) is 0 Å². The predicted octanol–water partition coefficient (Wildman–Crippen LogP) is 4.40. The van der Waals surface area contributed by atoms with E-state index in [-0.39, 0.29) is 0 Å². The quantitative estimate of drug-likeness (QED) is 0.868. The molecule has 0 aromatic carbocycles. The zero-order valence-electron chi connectivity index (χ0n) is 12.5. The molecule has 2 rings (SSSR count). The van der Waals surface area contributed by atoms with Gasteiger partial charge in [-0.15, -0.1) is 0 Å². The maximum atomic E-state index is 4.35. The fraction of sp³-hybridized carbons (Fsp3) is 0.706. The van der Waals surface area contributed by atoms with Crippen molar-refractivity contribution in [1.29, 1.82) is 0 Å². The van der Waals surface area contributed by atoms with Crippen LogP contribution >= 0.6 is 0 Å². The van der Waals surface area contributed by atoms with Gasteiger partial charge in [-0.3, -0.25) is 4.98 Å². The van der Waals surface area contributed by atoms with Crippen LogP contribution in [0.15, 0.2) is 18.5 Å². The lowest BCUT2D eigenvalue weighted by molar-refractivity contribution is 0.290. The van der Waals surface area contributed by atoms with Gasteiger partial charge in [-0.1, -0.05) is 39.0 Å². The lowest BCUT2D eigenvalue weighted by atomic mass is 9.82. The van der Waals surface area contributed by atoms with Gasteiger partial charge in [-0.25, -0.2) is 0 Å². The Morgan fingerprint density at radius 1 is 1.21 bits per heavy atom. The van der Waals surface area contributed by atoms with Gasteiger partial charge in [0.1, 0.15) is 0 Å². The van der Waals surface area contributed by atoms with E-state index in [1.165, 1.54) is 56.1 Å². The molecule has 1 N–H and O–H groups in total. The summed E-state index contributed by atoms with van der Waals surface area (Å²) in [4.78, 5) is 4.35. The molecule has 1 unspecified atom stereocenters. The molecule has 0 saturated heterocycles. The van der Waals surface area contributed by atoms with E-state index in [1.807, 2.05) is 6.20 Å². The molecule has 1 saturated carbocycles. The first-order valence-electron chi connectivity index (χ1n) is 7.96. The molecule has 0 radical (unpaired) electrons. The molecule has 1 fully saturated rings. The summed E-state index contributed by atoms with van der Waals surface area (Å²) in [5.74, 6) is 0.781. The summed E-state index contributed by atoms with van der Waals surface area (Å²) in [6, 6.07) is 2.64. The fourth-order valence-corrected chi connectivity index (χ4v) is 3.37. The Kier molecular flexibility index (Phi) is 5.84. The zero-order chi connectivity index (χ0) is 13.5. The van der Waals surface area contributed by atoms with E-state index in [9.17, 15) is 0 Å². The van der Waals surface area contributed by atoms with Gasteiger partial charge < -0.3 is 5.32 Å². The highest BCUT2D eigenvalue weighted by molar-refractivity contribution is 5.25. The monoisotopic (exact) mass is 260 g/mol. The van der Waals surface area contributed by atoms with Gasteiger partial charge in [0.05, 0.1) is 0 Å². The van der Waals surface area contributed by atoms with E-state index < -0.39 is 0 Å². The van der Waals surface area contributed by atoms with Crippen LogP contribution in [-0.2, 0) is 0 Å². The van der Waals surface area contributed by atoms with Crippen molar-refractivity contribution < 1.29 is 0 Å². The predicted molar refractivity (Wildman–Crippen MR) is 81.2 cm³/mol. The van der Waals surface area contributed by atoms with Gasteiger partial charge in [0.15, 0.2) is 0 Å². The Morgan fingerprint density at radius 3 is 2.53 bits per heavy atom. The van der Waals surface area contributed by atoms with Crippen molar-refractivity contribution >= 4 is 0 Å². The van der Waals surface area contributed by atoms with E-state index in [0.717, 1.165) is 12.5 Å². The third-order valence-corrected chi connectivity index (χ3v) is 4.46. The number of aromatic nitrogens is 1. The largest absolute Gasteiger partial charge is 0.310 e. The van der Waals surface area contributed by atoms with Crippen molar-refractivity contribution in [3.8, 4) is 0 Å². The number of hydrogen-bond acceptors (Lipinski definition) is 2. The molecule has 0 bridgehead atoms. The Labute approximate surface area is 118 Å². The van der Waals surface area contributed by atoms with Gasteiger partial charge in [0.25, 0.3) is 0 Å². The number of aryl methyl sites for hydroxylation is 1. The molecule has 2 heteroatoms. The lowest BCUT2D eigenvalue weighted by Gasteiger charge is -2.30. The summed E-state index contributed by atoms with van der Waals surface area (Å²) in [6.45, 7) is 5.46. The minimum atomic E-state index is 0.497.